The van der Waals surface area contributed by atoms with E-state index in [4.69, 9.17) is 0 Å². The number of unbranched alkanes of at least 4 members (excludes halogenated alkanes) is 2. The highest BCUT2D eigenvalue weighted by Gasteiger charge is 2.29. The number of amides is 2. The molecule has 1 fully saturated rings. The van der Waals surface area contributed by atoms with E-state index in [9.17, 15) is 9.59 Å². The molecule has 0 spiro atoms. The van der Waals surface area contributed by atoms with E-state index in [2.05, 4.69) is 48.4 Å². The van der Waals surface area contributed by atoms with Gasteiger partial charge in [0.05, 0.1) is 0 Å². The molecule has 2 N–H and O–H groups in total. The lowest BCUT2D eigenvalue weighted by molar-refractivity contribution is -0.128. The molecule has 156 valence electrons. The Morgan fingerprint density at radius 2 is 1.46 bits per heavy atom. The minimum absolute atomic E-state index is 0.00611. The largest absolute Gasteiger partial charge is 0.372 e. The van der Waals surface area contributed by atoms with Crippen LogP contribution in [0.25, 0.3) is 0 Å². The van der Waals surface area contributed by atoms with Gasteiger partial charge in [0.15, 0.2) is 0 Å². The maximum atomic E-state index is 12.6. The van der Waals surface area contributed by atoms with Gasteiger partial charge in [0.25, 0.3) is 0 Å². The second-order valence-corrected chi connectivity index (χ2v) is 7.76. The van der Waals surface area contributed by atoms with Crippen molar-refractivity contribution >= 4 is 23.2 Å². The van der Waals surface area contributed by atoms with Crippen molar-refractivity contribution in [3.63, 3.8) is 0 Å². The molecule has 1 aliphatic rings. The Hall–Kier alpha value is -2.04. The average Bonchev–Trinajstić information content (AvgIpc) is 2.73. The highest BCUT2D eigenvalue weighted by Crippen LogP contribution is 2.30. The summed E-state index contributed by atoms with van der Waals surface area (Å²) in [6, 6.07) is 8.06. The van der Waals surface area contributed by atoms with Crippen LogP contribution >= 0.6 is 0 Å². The van der Waals surface area contributed by atoms with E-state index in [1.54, 1.807) is 0 Å². The number of hydrogen-bond donors (Lipinski definition) is 2. The Morgan fingerprint density at radius 3 is 2.00 bits per heavy atom. The van der Waals surface area contributed by atoms with Crippen LogP contribution in [0.4, 0.5) is 11.4 Å². The van der Waals surface area contributed by atoms with E-state index in [0.29, 0.717) is 0 Å². The van der Waals surface area contributed by atoms with Crippen molar-refractivity contribution in [3.05, 3.63) is 24.3 Å². The van der Waals surface area contributed by atoms with Gasteiger partial charge in [-0.25, -0.2) is 0 Å². The fraction of sp³-hybridized carbons (Fsp3) is 0.652. The number of carbonyl (C=O) groups is 2. The van der Waals surface area contributed by atoms with Crippen molar-refractivity contribution in [1.29, 1.82) is 0 Å². The van der Waals surface area contributed by atoms with Crippen molar-refractivity contribution in [2.45, 2.75) is 65.7 Å². The number of rotatable bonds is 10. The molecule has 0 aromatic heterocycles. The van der Waals surface area contributed by atoms with Gasteiger partial charge in [0, 0.05) is 42.8 Å². The Kier molecular flexibility index (Phi) is 9.32. The molecule has 2 amide bonds. The first kappa shape index (κ1) is 22.3. The third-order valence-corrected chi connectivity index (χ3v) is 5.81. The molecule has 2 rings (SSSR count). The van der Waals surface area contributed by atoms with Crippen LogP contribution < -0.4 is 15.5 Å². The molecule has 0 bridgehead atoms. The van der Waals surface area contributed by atoms with Gasteiger partial charge in [-0.1, -0.05) is 19.8 Å². The predicted molar refractivity (Wildman–Crippen MR) is 117 cm³/mol. The molecular formula is C23H37N3O2. The maximum Gasteiger partial charge on any atom is 0.227 e. The van der Waals surface area contributed by atoms with Gasteiger partial charge in [-0.2, -0.15) is 0 Å². The molecule has 28 heavy (non-hydrogen) atoms. The zero-order valence-electron chi connectivity index (χ0n) is 17.8. The van der Waals surface area contributed by atoms with Crippen molar-refractivity contribution in [3.8, 4) is 0 Å². The summed E-state index contributed by atoms with van der Waals surface area (Å²) >= 11 is 0. The molecule has 1 aromatic carbocycles. The lowest BCUT2D eigenvalue weighted by Crippen LogP contribution is -2.35. The summed E-state index contributed by atoms with van der Waals surface area (Å²) in [5.41, 5.74) is 2.02. The fourth-order valence-electron chi connectivity index (χ4n) is 3.94. The monoisotopic (exact) mass is 387 g/mol. The van der Waals surface area contributed by atoms with Crippen molar-refractivity contribution < 1.29 is 9.59 Å². The van der Waals surface area contributed by atoms with E-state index in [-0.39, 0.29) is 23.7 Å². The summed E-state index contributed by atoms with van der Waals surface area (Å²) in [4.78, 5) is 27.1. The van der Waals surface area contributed by atoms with E-state index >= 15 is 0 Å². The van der Waals surface area contributed by atoms with Gasteiger partial charge in [0.1, 0.15) is 0 Å². The summed E-state index contributed by atoms with van der Waals surface area (Å²) in [6.45, 7) is 9.15. The molecule has 0 atom stereocenters. The molecule has 1 aliphatic carbocycles. The van der Waals surface area contributed by atoms with Gasteiger partial charge in [-0.3, -0.25) is 9.59 Å². The molecule has 0 aliphatic heterocycles. The molecule has 5 nitrogen and oxygen atoms in total. The first-order valence-electron chi connectivity index (χ1n) is 11.0. The maximum absolute atomic E-state index is 12.6. The van der Waals surface area contributed by atoms with Gasteiger partial charge >= 0.3 is 0 Å². The number of hydrogen-bond acceptors (Lipinski definition) is 3. The van der Waals surface area contributed by atoms with Crippen LogP contribution in [-0.2, 0) is 9.59 Å². The van der Waals surface area contributed by atoms with Crippen LogP contribution in [0.2, 0.25) is 0 Å². The van der Waals surface area contributed by atoms with Crippen LogP contribution in [0.1, 0.15) is 65.7 Å². The van der Waals surface area contributed by atoms with Crippen LogP contribution in [0.3, 0.4) is 0 Å². The predicted octanol–water partition coefficient (Wildman–Crippen LogP) is 4.58. The van der Waals surface area contributed by atoms with Crippen LogP contribution in [-0.4, -0.2) is 31.4 Å². The molecule has 0 unspecified atom stereocenters. The van der Waals surface area contributed by atoms with Crippen molar-refractivity contribution in [2.75, 3.05) is 29.9 Å². The number of nitrogens with zero attached hydrogens (tertiary/aromatic N) is 1. The standard InChI is InChI=1S/C23H37N3O2/c1-4-7-8-17-24-22(27)18-9-11-19(12-10-18)23(28)25-20-13-15-21(16-14-20)26(5-2)6-3/h13-16,18-19H,4-12,17H2,1-3H3,(H,24,27)(H,25,28). The summed E-state index contributed by atoms with van der Waals surface area (Å²) in [7, 11) is 0. The first-order chi connectivity index (χ1) is 13.6. The average molecular weight is 388 g/mol. The van der Waals surface area contributed by atoms with Gasteiger partial charge in [-0.15, -0.1) is 0 Å². The quantitative estimate of drug-likeness (QED) is 0.578. The van der Waals surface area contributed by atoms with Gasteiger partial charge in [0.2, 0.25) is 11.8 Å². The molecule has 0 radical (unpaired) electrons. The summed E-state index contributed by atoms with van der Waals surface area (Å²) < 4.78 is 0. The molecular weight excluding hydrogens is 350 g/mol. The minimum Gasteiger partial charge on any atom is -0.372 e. The second-order valence-electron chi connectivity index (χ2n) is 7.76. The molecule has 0 saturated heterocycles. The number of nitrogens with one attached hydrogen (secondary N) is 2. The Labute approximate surface area is 170 Å². The molecule has 0 heterocycles. The van der Waals surface area contributed by atoms with E-state index in [1.807, 2.05) is 12.1 Å². The Balaban J connectivity index is 1.76. The third-order valence-electron chi connectivity index (χ3n) is 5.81. The zero-order valence-corrected chi connectivity index (χ0v) is 17.8. The lowest BCUT2D eigenvalue weighted by Gasteiger charge is -2.27. The van der Waals surface area contributed by atoms with Crippen molar-refractivity contribution in [2.24, 2.45) is 11.8 Å². The van der Waals surface area contributed by atoms with Crippen molar-refractivity contribution in [1.82, 2.24) is 5.32 Å². The van der Waals surface area contributed by atoms with E-state index < -0.39 is 0 Å². The van der Waals surface area contributed by atoms with Gasteiger partial charge in [-0.05, 0) is 70.2 Å². The lowest BCUT2D eigenvalue weighted by atomic mass is 9.81. The Morgan fingerprint density at radius 1 is 0.893 bits per heavy atom. The van der Waals surface area contributed by atoms with E-state index in [1.165, 1.54) is 5.69 Å². The number of anilines is 2. The number of carbonyl (C=O) groups excluding carboxylic acids is 2. The van der Waals surface area contributed by atoms with Gasteiger partial charge < -0.3 is 15.5 Å². The summed E-state index contributed by atoms with van der Waals surface area (Å²) in [5, 5.41) is 6.10. The first-order valence-corrected chi connectivity index (χ1v) is 11.0. The zero-order chi connectivity index (χ0) is 20.4. The van der Waals surface area contributed by atoms with Crippen LogP contribution in [0.5, 0.6) is 0 Å². The molecule has 5 heteroatoms. The highest BCUT2D eigenvalue weighted by atomic mass is 16.2. The topological polar surface area (TPSA) is 61.4 Å². The summed E-state index contributed by atoms with van der Waals surface area (Å²) in [6.07, 6.45) is 6.55. The normalized spacial score (nSPS) is 19.1. The SMILES string of the molecule is CCCCCNC(=O)C1CCC(C(=O)Nc2ccc(N(CC)CC)cc2)CC1. The Bertz CT molecular complexity index is 603. The van der Waals surface area contributed by atoms with Crippen LogP contribution in [0, 0.1) is 11.8 Å². The third kappa shape index (κ3) is 6.54. The fourth-order valence-corrected chi connectivity index (χ4v) is 3.94. The second kappa shape index (κ2) is 11.7. The summed E-state index contributed by atoms with van der Waals surface area (Å²) in [5.74, 6) is 0.324. The smallest absolute Gasteiger partial charge is 0.227 e. The van der Waals surface area contributed by atoms with E-state index in [0.717, 1.165) is 70.3 Å². The molecule has 1 saturated carbocycles. The molecule has 1 aromatic rings. The van der Waals surface area contributed by atoms with Crippen LogP contribution in [0.15, 0.2) is 24.3 Å². The highest BCUT2D eigenvalue weighted by molar-refractivity contribution is 5.93. The number of benzene rings is 1. The minimum atomic E-state index is 0.00611.